The Kier molecular flexibility index (Phi) is 3.71. The standard InChI is InChI=1S/C11H15N3O2/c15-11(13-7-9-4-6-16-8-9)14-10-3-1-2-5-12-10/h1-3,5,9H,4,6-8H2,(H2,12,13,14,15)/t9-/m1/s1. The first-order valence-corrected chi connectivity index (χ1v) is 5.38. The molecule has 1 atom stereocenters. The first-order chi connectivity index (χ1) is 7.84. The molecule has 5 heteroatoms. The van der Waals surface area contributed by atoms with Gasteiger partial charge in [-0.25, -0.2) is 9.78 Å². The number of nitrogens with one attached hydrogen (secondary N) is 2. The second-order valence-corrected chi connectivity index (χ2v) is 3.78. The number of urea groups is 1. The van der Waals surface area contributed by atoms with E-state index in [1.165, 1.54) is 0 Å². The summed E-state index contributed by atoms with van der Waals surface area (Å²) in [5, 5.41) is 5.47. The molecule has 1 aromatic rings. The van der Waals surface area contributed by atoms with Crippen molar-refractivity contribution in [3.63, 3.8) is 0 Å². The molecule has 1 saturated heterocycles. The Labute approximate surface area is 94.2 Å². The van der Waals surface area contributed by atoms with Crippen molar-refractivity contribution in [2.45, 2.75) is 6.42 Å². The van der Waals surface area contributed by atoms with Crippen LogP contribution in [0.3, 0.4) is 0 Å². The van der Waals surface area contributed by atoms with Crippen LogP contribution in [0, 0.1) is 5.92 Å². The molecule has 1 fully saturated rings. The minimum atomic E-state index is -0.217. The zero-order valence-electron chi connectivity index (χ0n) is 8.98. The van der Waals surface area contributed by atoms with Crippen molar-refractivity contribution in [1.82, 2.24) is 10.3 Å². The minimum Gasteiger partial charge on any atom is -0.381 e. The quantitative estimate of drug-likeness (QED) is 0.807. The number of hydrogen-bond acceptors (Lipinski definition) is 3. The Morgan fingerprint density at radius 3 is 3.19 bits per heavy atom. The molecule has 86 valence electrons. The molecule has 16 heavy (non-hydrogen) atoms. The first kappa shape index (κ1) is 10.9. The van der Waals surface area contributed by atoms with Gasteiger partial charge in [-0.1, -0.05) is 6.07 Å². The van der Waals surface area contributed by atoms with Crippen LogP contribution < -0.4 is 10.6 Å². The Hall–Kier alpha value is -1.62. The number of nitrogens with zero attached hydrogens (tertiary/aromatic N) is 1. The van der Waals surface area contributed by atoms with Crippen LogP contribution in [-0.4, -0.2) is 30.8 Å². The van der Waals surface area contributed by atoms with Gasteiger partial charge in [0.25, 0.3) is 0 Å². The van der Waals surface area contributed by atoms with Crippen molar-refractivity contribution in [3.8, 4) is 0 Å². The fraction of sp³-hybridized carbons (Fsp3) is 0.455. The molecule has 2 N–H and O–H groups in total. The van der Waals surface area contributed by atoms with Crippen molar-refractivity contribution in [3.05, 3.63) is 24.4 Å². The lowest BCUT2D eigenvalue weighted by Gasteiger charge is -2.10. The largest absolute Gasteiger partial charge is 0.381 e. The molecule has 0 radical (unpaired) electrons. The molecule has 2 rings (SSSR count). The molecule has 1 aromatic heterocycles. The van der Waals surface area contributed by atoms with Gasteiger partial charge in [-0.05, 0) is 18.6 Å². The smallest absolute Gasteiger partial charge is 0.320 e. The molecule has 2 heterocycles. The molecular weight excluding hydrogens is 206 g/mol. The number of carbonyl (C=O) groups is 1. The molecule has 0 aliphatic carbocycles. The second kappa shape index (κ2) is 5.46. The number of rotatable bonds is 3. The molecule has 0 unspecified atom stereocenters. The van der Waals surface area contributed by atoms with Crippen LogP contribution in [0.25, 0.3) is 0 Å². The van der Waals surface area contributed by atoms with E-state index in [9.17, 15) is 4.79 Å². The maximum Gasteiger partial charge on any atom is 0.320 e. The van der Waals surface area contributed by atoms with Crippen molar-refractivity contribution in [2.75, 3.05) is 25.1 Å². The summed E-state index contributed by atoms with van der Waals surface area (Å²) in [7, 11) is 0. The van der Waals surface area contributed by atoms with E-state index < -0.39 is 0 Å². The van der Waals surface area contributed by atoms with E-state index in [1.807, 2.05) is 6.07 Å². The molecule has 0 bridgehead atoms. The van der Waals surface area contributed by atoms with E-state index in [0.29, 0.717) is 18.3 Å². The van der Waals surface area contributed by atoms with E-state index in [4.69, 9.17) is 4.74 Å². The molecule has 5 nitrogen and oxygen atoms in total. The van der Waals surface area contributed by atoms with Crippen molar-refractivity contribution in [2.24, 2.45) is 5.92 Å². The van der Waals surface area contributed by atoms with Crippen molar-refractivity contribution < 1.29 is 9.53 Å². The summed E-state index contributed by atoms with van der Waals surface area (Å²) in [5.41, 5.74) is 0. The summed E-state index contributed by atoms with van der Waals surface area (Å²) in [6.45, 7) is 2.19. The molecule has 0 saturated carbocycles. The average Bonchev–Trinajstić information content (AvgIpc) is 2.81. The van der Waals surface area contributed by atoms with Gasteiger partial charge in [0, 0.05) is 25.3 Å². The van der Waals surface area contributed by atoms with Crippen molar-refractivity contribution in [1.29, 1.82) is 0 Å². The second-order valence-electron chi connectivity index (χ2n) is 3.78. The molecule has 0 spiro atoms. The van der Waals surface area contributed by atoms with E-state index in [-0.39, 0.29) is 6.03 Å². The number of anilines is 1. The van der Waals surface area contributed by atoms with Gasteiger partial charge < -0.3 is 10.1 Å². The third kappa shape index (κ3) is 3.20. The van der Waals surface area contributed by atoms with Gasteiger partial charge >= 0.3 is 6.03 Å². The highest BCUT2D eigenvalue weighted by atomic mass is 16.5. The lowest BCUT2D eigenvalue weighted by Crippen LogP contribution is -2.33. The number of pyridine rings is 1. The van der Waals surface area contributed by atoms with E-state index >= 15 is 0 Å². The van der Waals surface area contributed by atoms with Crippen LogP contribution in [0.4, 0.5) is 10.6 Å². The zero-order chi connectivity index (χ0) is 11.2. The predicted molar refractivity (Wildman–Crippen MR) is 60.2 cm³/mol. The van der Waals surface area contributed by atoms with Crippen LogP contribution in [0.1, 0.15) is 6.42 Å². The summed E-state index contributed by atoms with van der Waals surface area (Å²) < 4.78 is 5.22. The van der Waals surface area contributed by atoms with E-state index in [2.05, 4.69) is 15.6 Å². The monoisotopic (exact) mass is 221 g/mol. The minimum absolute atomic E-state index is 0.217. The SMILES string of the molecule is O=C(NC[C@H]1CCOC1)Nc1ccccn1. The lowest BCUT2D eigenvalue weighted by molar-refractivity contribution is 0.185. The Bertz CT molecular complexity index is 336. The van der Waals surface area contributed by atoms with Crippen LogP contribution in [0.15, 0.2) is 24.4 Å². The molecule has 1 aliphatic heterocycles. The zero-order valence-corrected chi connectivity index (χ0v) is 8.98. The molecular formula is C11H15N3O2. The average molecular weight is 221 g/mol. The van der Waals surface area contributed by atoms with Gasteiger partial charge in [0.2, 0.25) is 0 Å². The normalized spacial score (nSPS) is 19.4. The van der Waals surface area contributed by atoms with Crippen molar-refractivity contribution >= 4 is 11.8 Å². The van der Waals surface area contributed by atoms with E-state index in [0.717, 1.165) is 19.6 Å². The van der Waals surface area contributed by atoms with Gasteiger partial charge in [0.05, 0.1) is 6.61 Å². The number of hydrogen-bond donors (Lipinski definition) is 2. The maximum atomic E-state index is 11.5. The Balaban J connectivity index is 1.72. The summed E-state index contributed by atoms with van der Waals surface area (Å²) in [5.74, 6) is 0.997. The summed E-state index contributed by atoms with van der Waals surface area (Å²) >= 11 is 0. The highest BCUT2D eigenvalue weighted by molar-refractivity contribution is 5.88. The van der Waals surface area contributed by atoms with Gasteiger partial charge in [-0.15, -0.1) is 0 Å². The van der Waals surface area contributed by atoms with Crippen LogP contribution in [-0.2, 0) is 4.74 Å². The third-order valence-electron chi connectivity index (χ3n) is 2.48. The molecule has 2 amide bonds. The van der Waals surface area contributed by atoms with Gasteiger partial charge in [0.15, 0.2) is 0 Å². The topological polar surface area (TPSA) is 63.2 Å². The number of aromatic nitrogens is 1. The van der Waals surface area contributed by atoms with Crippen LogP contribution in [0.2, 0.25) is 0 Å². The Morgan fingerprint density at radius 1 is 1.56 bits per heavy atom. The summed E-state index contributed by atoms with van der Waals surface area (Å²) in [6, 6.07) is 5.16. The third-order valence-corrected chi connectivity index (χ3v) is 2.48. The first-order valence-electron chi connectivity index (χ1n) is 5.38. The highest BCUT2D eigenvalue weighted by Crippen LogP contribution is 2.10. The fourth-order valence-electron chi connectivity index (χ4n) is 1.58. The predicted octanol–water partition coefficient (Wildman–Crippen LogP) is 1.24. The molecule has 1 aliphatic rings. The summed E-state index contributed by atoms with van der Waals surface area (Å²) in [4.78, 5) is 15.5. The summed E-state index contributed by atoms with van der Waals surface area (Å²) in [6.07, 6.45) is 2.66. The molecule has 0 aromatic carbocycles. The van der Waals surface area contributed by atoms with Gasteiger partial charge in [-0.2, -0.15) is 0 Å². The highest BCUT2D eigenvalue weighted by Gasteiger charge is 2.16. The Morgan fingerprint density at radius 2 is 2.50 bits per heavy atom. The lowest BCUT2D eigenvalue weighted by atomic mass is 10.1. The number of ether oxygens (including phenoxy) is 1. The van der Waals surface area contributed by atoms with Crippen LogP contribution in [0.5, 0.6) is 0 Å². The van der Waals surface area contributed by atoms with Crippen LogP contribution >= 0.6 is 0 Å². The number of carbonyl (C=O) groups excluding carboxylic acids is 1. The maximum absolute atomic E-state index is 11.5. The van der Waals surface area contributed by atoms with E-state index in [1.54, 1.807) is 18.3 Å². The van der Waals surface area contributed by atoms with Gasteiger partial charge in [-0.3, -0.25) is 5.32 Å². The number of amides is 2. The van der Waals surface area contributed by atoms with Gasteiger partial charge in [0.1, 0.15) is 5.82 Å². The fourth-order valence-corrected chi connectivity index (χ4v) is 1.58.